The van der Waals surface area contributed by atoms with E-state index in [2.05, 4.69) is 5.16 Å². The van der Waals surface area contributed by atoms with Gasteiger partial charge in [-0.05, 0) is 32.8 Å². The maximum atomic E-state index is 13.0. The van der Waals surface area contributed by atoms with Crippen molar-refractivity contribution in [3.63, 3.8) is 0 Å². The van der Waals surface area contributed by atoms with Crippen molar-refractivity contribution in [1.29, 1.82) is 0 Å². The Hall–Kier alpha value is -2.77. The Morgan fingerprint density at radius 1 is 1.30 bits per heavy atom. The summed E-state index contributed by atoms with van der Waals surface area (Å²) in [4.78, 5) is 29.5. The van der Waals surface area contributed by atoms with Gasteiger partial charge < -0.3 is 23.5 Å². The number of piperidine rings is 1. The number of methoxy groups -OCH3 is 1. The van der Waals surface area contributed by atoms with Gasteiger partial charge in [0.05, 0.1) is 25.3 Å². The third-order valence-electron chi connectivity index (χ3n) is 5.58. The van der Waals surface area contributed by atoms with Crippen LogP contribution in [-0.2, 0) is 11.3 Å². The summed E-state index contributed by atoms with van der Waals surface area (Å²) in [6.07, 6.45) is 1.68. The van der Waals surface area contributed by atoms with Crippen LogP contribution in [0.5, 0.6) is 5.95 Å². The number of aromatic nitrogens is 1. The molecule has 5 rings (SSSR count). The quantitative estimate of drug-likeness (QED) is 0.816. The summed E-state index contributed by atoms with van der Waals surface area (Å²) in [7, 11) is 1.49. The minimum Gasteiger partial charge on any atom is -0.468 e. The molecule has 2 bridgehead atoms. The average Bonchev–Trinajstić information content (AvgIpc) is 3.15. The molecule has 144 valence electrons. The number of fused-ring (bicyclic) bond motifs is 4. The molecule has 0 saturated carbocycles. The molecule has 8 heteroatoms. The van der Waals surface area contributed by atoms with Crippen LogP contribution in [0.15, 0.2) is 21.1 Å². The highest BCUT2D eigenvalue weighted by molar-refractivity contribution is 5.92. The Morgan fingerprint density at radius 2 is 2.11 bits per heavy atom. The second-order valence-corrected chi connectivity index (χ2v) is 7.23. The van der Waals surface area contributed by atoms with Crippen LogP contribution in [0.4, 0.5) is 0 Å². The van der Waals surface area contributed by atoms with Crippen molar-refractivity contribution in [1.82, 2.24) is 15.0 Å². The van der Waals surface area contributed by atoms with Crippen molar-refractivity contribution in [2.24, 2.45) is 5.92 Å². The molecule has 3 fully saturated rings. The van der Waals surface area contributed by atoms with Gasteiger partial charge in [-0.2, -0.15) is 0 Å². The zero-order chi connectivity index (χ0) is 19.1. The molecule has 8 nitrogen and oxygen atoms in total. The van der Waals surface area contributed by atoms with E-state index < -0.39 is 0 Å². The highest BCUT2D eigenvalue weighted by Gasteiger charge is 2.42. The fourth-order valence-electron chi connectivity index (χ4n) is 4.01. The molecule has 0 aliphatic carbocycles. The minimum atomic E-state index is -0.206. The molecule has 0 N–H and O–H groups in total. The molecule has 3 aliphatic rings. The predicted octanol–water partition coefficient (Wildman–Crippen LogP) is 2.16. The second-order valence-electron chi connectivity index (χ2n) is 7.23. The smallest absolute Gasteiger partial charge is 0.289 e. The first kappa shape index (κ1) is 17.6. The van der Waals surface area contributed by atoms with Crippen molar-refractivity contribution in [2.45, 2.75) is 39.3 Å². The van der Waals surface area contributed by atoms with Gasteiger partial charge in [-0.1, -0.05) is 5.16 Å². The summed E-state index contributed by atoms with van der Waals surface area (Å²) in [5.74, 6) is 0.965. The van der Waals surface area contributed by atoms with Gasteiger partial charge in [0.25, 0.3) is 11.9 Å². The fourth-order valence-corrected chi connectivity index (χ4v) is 4.01. The standard InChI is InChI=1S/C19H23N3O5/c1-11-15(12(2)27-20-11)10-22-14-5-4-13(18(22)23)8-21(9-14)19(24)16-6-7-17(25-3)26-16/h6-7,13-14H,4-5,8-10H2,1-3H3/t13-,14+/m0/s1. The van der Waals surface area contributed by atoms with E-state index in [1.54, 1.807) is 17.0 Å². The number of aryl methyl sites for hydroxylation is 2. The molecule has 2 atom stereocenters. The van der Waals surface area contributed by atoms with E-state index >= 15 is 0 Å². The van der Waals surface area contributed by atoms with E-state index in [4.69, 9.17) is 13.7 Å². The first-order valence-corrected chi connectivity index (χ1v) is 9.13. The molecule has 0 aromatic carbocycles. The van der Waals surface area contributed by atoms with Crippen molar-refractivity contribution < 1.29 is 23.3 Å². The lowest BCUT2D eigenvalue weighted by atomic mass is 9.93. The number of hydrogen-bond donors (Lipinski definition) is 0. The number of carbonyl (C=O) groups is 2. The molecule has 2 aromatic rings. The monoisotopic (exact) mass is 373 g/mol. The average molecular weight is 373 g/mol. The van der Waals surface area contributed by atoms with Gasteiger partial charge in [0.15, 0.2) is 5.76 Å². The third-order valence-corrected chi connectivity index (χ3v) is 5.58. The van der Waals surface area contributed by atoms with Crippen LogP contribution >= 0.6 is 0 Å². The molecule has 3 saturated heterocycles. The largest absolute Gasteiger partial charge is 0.468 e. The van der Waals surface area contributed by atoms with Gasteiger partial charge in [-0.25, -0.2) is 0 Å². The summed E-state index contributed by atoms with van der Waals surface area (Å²) in [6, 6.07) is 3.21. The van der Waals surface area contributed by atoms with Crippen LogP contribution in [0.1, 0.15) is 40.4 Å². The number of amides is 2. The molecule has 2 aromatic heterocycles. The molecular formula is C19H23N3O5. The molecule has 27 heavy (non-hydrogen) atoms. The normalized spacial score (nSPS) is 22.3. The lowest BCUT2D eigenvalue weighted by Gasteiger charge is -2.35. The molecule has 0 spiro atoms. The van der Waals surface area contributed by atoms with Crippen LogP contribution in [0.3, 0.4) is 0 Å². The number of rotatable bonds is 4. The van der Waals surface area contributed by atoms with Gasteiger partial charge in [-0.3, -0.25) is 9.59 Å². The van der Waals surface area contributed by atoms with Gasteiger partial charge in [0.2, 0.25) is 5.91 Å². The van der Waals surface area contributed by atoms with E-state index in [-0.39, 0.29) is 29.5 Å². The van der Waals surface area contributed by atoms with Gasteiger partial charge in [0.1, 0.15) is 5.76 Å². The zero-order valence-electron chi connectivity index (χ0n) is 15.7. The highest BCUT2D eigenvalue weighted by atomic mass is 16.6. The number of furan rings is 1. The van der Waals surface area contributed by atoms with E-state index in [9.17, 15) is 9.59 Å². The molecule has 3 aliphatic heterocycles. The lowest BCUT2D eigenvalue weighted by molar-refractivity contribution is -0.140. The number of nitrogens with zero attached hydrogens (tertiary/aromatic N) is 3. The Bertz CT molecular complexity index is 851. The summed E-state index contributed by atoms with van der Waals surface area (Å²) < 4.78 is 15.7. The second kappa shape index (κ2) is 6.75. The SMILES string of the molecule is COc1ccc(C(=O)N2C[C@@H]3CC[C@H](C2)N(Cc2c(C)noc2C)C3=O)o1. The summed E-state index contributed by atoms with van der Waals surface area (Å²) in [5.41, 5.74) is 1.75. The van der Waals surface area contributed by atoms with E-state index in [1.807, 2.05) is 18.7 Å². The summed E-state index contributed by atoms with van der Waals surface area (Å²) >= 11 is 0. The van der Waals surface area contributed by atoms with Crippen LogP contribution in [0.2, 0.25) is 0 Å². The van der Waals surface area contributed by atoms with Gasteiger partial charge in [0, 0.05) is 30.8 Å². The van der Waals surface area contributed by atoms with Gasteiger partial charge in [-0.15, -0.1) is 0 Å². The topological polar surface area (TPSA) is 89.0 Å². The van der Waals surface area contributed by atoms with E-state index in [0.29, 0.717) is 25.6 Å². The highest BCUT2D eigenvalue weighted by Crippen LogP contribution is 2.32. The van der Waals surface area contributed by atoms with Crippen LogP contribution in [0, 0.1) is 19.8 Å². The number of hydrogen-bond acceptors (Lipinski definition) is 6. The Morgan fingerprint density at radius 3 is 2.78 bits per heavy atom. The maximum absolute atomic E-state index is 13.0. The van der Waals surface area contributed by atoms with Crippen LogP contribution in [-0.4, -0.2) is 53.0 Å². The van der Waals surface area contributed by atoms with E-state index in [1.165, 1.54) is 7.11 Å². The molecular weight excluding hydrogens is 350 g/mol. The lowest BCUT2D eigenvalue weighted by Crippen LogP contribution is -2.47. The first-order valence-electron chi connectivity index (χ1n) is 9.13. The van der Waals surface area contributed by atoms with Crippen molar-refractivity contribution in [3.05, 3.63) is 34.9 Å². The first-order chi connectivity index (χ1) is 13.0. The van der Waals surface area contributed by atoms with Crippen molar-refractivity contribution in [2.75, 3.05) is 20.2 Å². The van der Waals surface area contributed by atoms with Crippen molar-refractivity contribution >= 4 is 11.8 Å². The molecule has 2 amide bonds. The van der Waals surface area contributed by atoms with E-state index in [0.717, 1.165) is 29.9 Å². The Labute approximate surface area is 157 Å². The summed E-state index contributed by atoms with van der Waals surface area (Å²) in [5, 5.41) is 3.98. The number of carbonyl (C=O) groups excluding carboxylic acids is 2. The zero-order valence-corrected chi connectivity index (χ0v) is 15.7. The van der Waals surface area contributed by atoms with Crippen LogP contribution < -0.4 is 4.74 Å². The molecule has 0 radical (unpaired) electrons. The predicted molar refractivity (Wildman–Crippen MR) is 94.2 cm³/mol. The van der Waals surface area contributed by atoms with Crippen LogP contribution in [0.25, 0.3) is 0 Å². The Kier molecular flexibility index (Phi) is 4.41. The Balaban J connectivity index is 1.56. The number of ether oxygens (including phenoxy) is 1. The summed E-state index contributed by atoms with van der Waals surface area (Å²) in [6.45, 7) is 5.11. The van der Waals surface area contributed by atoms with Crippen molar-refractivity contribution in [3.8, 4) is 5.95 Å². The fraction of sp³-hybridized carbons (Fsp3) is 0.526. The maximum Gasteiger partial charge on any atom is 0.289 e. The molecule has 0 unspecified atom stereocenters. The third kappa shape index (κ3) is 3.09. The molecule has 5 heterocycles. The minimum absolute atomic E-state index is 0.0224. The van der Waals surface area contributed by atoms with Gasteiger partial charge >= 0.3 is 0 Å².